The number of esters is 1. The van der Waals surface area contributed by atoms with Gasteiger partial charge in [-0.25, -0.2) is 4.79 Å². The number of rotatable bonds is 13. The van der Waals surface area contributed by atoms with Crippen molar-refractivity contribution in [1.29, 1.82) is 5.41 Å². The fourth-order valence-electron chi connectivity index (χ4n) is 4.37. The van der Waals surface area contributed by atoms with Crippen molar-refractivity contribution in [3.63, 3.8) is 0 Å². The van der Waals surface area contributed by atoms with Crippen LogP contribution in [0.1, 0.15) is 32.3 Å². The van der Waals surface area contributed by atoms with Gasteiger partial charge in [0, 0.05) is 56.1 Å². The van der Waals surface area contributed by atoms with Crippen LogP contribution in [0, 0.1) is 5.41 Å². The molecule has 38 heavy (non-hydrogen) atoms. The van der Waals surface area contributed by atoms with Crippen molar-refractivity contribution in [3.8, 4) is 0 Å². The topological polar surface area (TPSA) is 148 Å². The van der Waals surface area contributed by atoms with Crippen LogP contribution in [0.15, 0.2) is 30.5 Å². The van der Waals surface area contributed by atoms with Gasteiger partial charge in [0.05, 0.1) is 18.9 Å². The van der Waals surface area contributed by atoms with Gasteiger partial charge in [0.25, 0.3) is 0 Å². The first-order valence-electron chi connectivity index (χ1n) is 13.0. The van der Waals surface area contributed by atoms with Crippen molar-refractivity contribution >= 4 is 40.7 Å². The molecule has 2 amide bonds. The summed E-state index contributed by atoms with van der Waals surface area (Å²) in [4.78, 5) is 58.3. The number of nitrogens with zero attached hydrogens (tertiary/aromatic N) is 2. The Morgan fingerprint density at radius 2 is 1.79 bits per heavy atom. The van der Waals surface area contributed by atoms with E-state index in [1.807, 2.05) is 42.4 Å². The SMILES string of the molecule is CC(C)OC(=O)[C@H](CCC(=O)C=N)NC(=O)[C@H](Cc1c[nH]c2ccccc12)NC(=O)CN1CCN(C)CC1. The van der Waals surface area contributed by atoms with E-state index in [1.165, 1.54) is 0 Å². The lowest BCUT2D eigenvalue weighted by Gasteiger charge is -2.32. The molecule has 0 unspecified atom stereocenters. The summed E-state index contributed by atoms with van der Waals surface area (Å²) in [6, 6.07) is 5.63. The summed E-state index contributed by atoms with van der Waals surface area (Å²) in [5.41, 5.74) is 1.76. The molecule has 0 radical (unpaired) electrons. The molecule has 1 aliphatic rings. The number of fused-ring (bicyclic) bond motifs is 1. The van der Waals surface area contributed by atoms with Crippen molar-refractivity contribution < 1.29 is 23.9 Å². The van der Waals surface area contributed by atoms with E-state index in [1.54, 1.807) is 13.8 Å². The highest BCUT2D eigenvalue weighted by Gasteiger charge is 2.30. The molecule has 0 spiro atoms. The lowest BCUT2D eigenvalue weighted by molar-refractivity contribution is -0.151. The largest absolute Gasteiger partial charge is 0.461 e. The van der Waals surface area contributed by atoms with Gasteiger partial charge >= 0.3 is 5.97 Å². The normalized spacial score (nSPS) is 16.1. The Morgan fingerprint density at radius 3 is 2.47 bits per heavy atom. The predicted octanol–water partition coefficient (Wildman–Crippen LogP) is 0.878. The Kier molecular flexibility index (Phi) is 10.5. The van der Waals surface area contributed by atoms with Crippen LogP contribution in [0.4, 0.5) is 0 Å². The molecule has 11 nitrogen and oxygen atoms in total. The standard InChI is InChI=1S/C27H38N6O5/c1-18(2)38-27(37)23(9-8-20(34)15-28)31-26(36)24(14-19-16-29-22-7-5-4-6-21(19)22)30-25(35)17-33-12-10-32(3)11-13-33/h4-7,15-16,18,23-24,28-29H,8-14,17H2,1-3H3,(H,30,35)(H,31,36)/t23-,24-/m0/s1. The number of para-hydroxylation sites is 1. The number of H-pyrrole nitrogens is 1. The van der Waals surface area contributed by atoms with Gasteiger partial charge in [0.15, 0.2) is 5.78 Å². The Morgan fingerprint density at radius 1 is 1.08 bits per heavy atom. The fourth-order valence-corrected chi connectivity index (χ4v) is 4.37. The van der Waals surface area contributed by atoms with Gasteiger partial charge in [0.2, 0.25) is 11.8 Å². The highest BCUT2D eigenvalue weighted by atomic mass is 16.5. The van der Waals surface area contributed by atoms with E-state index in [9.17, 15) is 19.2 Å². The van der Waals surface area contributed by atoms with Crippen LogP contribution in [0.2, 0.25) is 0 Å². The molecule has 4 N–H and O–H groups in total. The third-order valence-corrected chi connectivity index (χ3v) is 6.51. The number of hydrogen-bond acceptors (Lipinski definition) is 8. The number of aromatic nitrogens is 1. The molecule has 2 atom stereocenters. The van der Waals surface area contributed by atoms with Crippen LogP contribution >= 0.6 is 0 Å². The molecule has 3 rings (SSSR count). The average molecular weight is 527 g/mol. The summed E-state index contributed by atoms with van der Waals surface area (Å²) >= 11 is 0. The first-order valence-corrected chi connectivity index (χ1v) is 13.0. The molecular formula is C27H38N6O5. The smallest absolute Gasteiger partial charge is 0.328 e. The Labute approximate surface area is 222 Å². The Balaban J connectivity index is 1.77. The van der Waals surface area contributed by atoms with E-state index in [0.29, 0.717) is 6.21 Å². The van der Waals surface area contributed by atoms with Gasteiger partial charge in [-0.2, -0.15) is 0 Å². The summed E-state index contributed by atoms with van der Waals surface area (Å²) in [5.74, 6) is -1.96. The molecule has 2 heterocycles. The minimum Gasteiger partial charge on any atom is -0.461 e. The zero-order chi connectivity index (χ0) is 27.7. The van der Waals surface area contributed by atoms with E-state index in [-0.39, 0.29) is 31.7 Å². The number of ether oxygens (including phenoxy) is 1. The summed E-state index contributed by atoms with van der Waals surface area (Å²) in [6.07, 6.45) is 2.18. The van der Waals surface area contributed by atoms with Crippen molar-refractivity contribution in [3.05, 3.63) is 36.0 Å². The van der Waals surface area contributed by atoms with E-state index in [2.05, 4.69) is 20.5 Å². The van der Waals surface area contributed by atoms with Crippen molar-refractivity contribution in [2.75, 3.05) is 39.8 Å². The lowest BCUT2D eigenvalue weighted by atomic mass is 10.0. The van der Waals surface area contributed by atoms with E-state index >= 15 is 0 Å². The third-order valence-electron chi connectivity index (χ3n) is 6.51. The van der Waals surface area contributed by atoms with Gasteiger partial charge in [0.1, 0.15) is 12.1 Å². The zero-order valence-electron chi connectivity index (χ0n) is 22.3. The van der Waals surface area contributed by atoms with Gasteiger partial charge in [-0.15, -0.1) is 0 Å². The maximum atomic E-state index is 13.5. The molecule has 0 bridgehead atoms. The highest BCUT2D eigenvalue weighted by molar-refractivity contribution is 6.26. The van der Waals surface area contributed by atoms with Crippen molar-refractivity contribution in [1.82, 2.24) is 25.4 Å². The van der Waals surface area contributed by atoms with Gasteiger partial charge in [-0.05, 0) is 38.9 Å². The quantitative estimate of drug-likeness (QED) is 0.224. The van der Waals surface area contributed by atoms with Crippen LogP contribution < -0.4 is 10.6 Å². The average Bonchev–Trinajstić information content (AvgIpc) is 3.29. The number of carbonyl (C=O) groups excluding carboxylic acids is 4. The van der Waals surface area contributed by atoms with Crippen LogP contribution in [0.3, 0.4) is 0 Å². The summed E-state index contributed by atoms with van der Waals surface area (Å²) in [6.45, 7) is 6.79. The monoisotopic (exact) mass is 526 g/mol. The molecule has 206 valence electrons. The number of Topliss-reactive ketones (excluding diaryl/α,β-unsaturated/α-hetero) is 1. The molecule has 1 aromatic carbocycles. The molecule has 1 fully saturated rings. The van der Waals surface area contributed by atoms with Crippen molar-refractivity contribution in [2.45, 2.75) is 51.3 Å². The van der Waals surface area contributed by atoms with E-state index in [4.69, 9.17) is 10.1 Å². The molecule has 1 aliphatic heterocycles. The minimum atomic E-state index is -1.09. The molecule has 1 aromatic heterocycles. The van der Waals surface area contributed by atoms with Gasteiger partial charge in [-0.3, -0.25) is 19.3 Å². The number of piperazine rings is 1. The molecule has 0 aliphatic carbocycles. The third kappa shape index (κ3) is 8.49. The number of amides is 2. The number of ketones is 1. The number of likely N-dealkylation sites (N-methyl/N-ethyl adjacent to an activating group) is 1. The first kappa shape index (κ1) is 29.0. The van der Waals surface area contributed by atoms with Crippen LogP contribution in [-0.4, -0.2) is 103 Å². The highest BCUT2D eigenvalue weighted by Crippen LogP contribution is 2.19. The summed E-state index contributed by atoms with van der Waals surface area (Å²) in [5, 5.41) is 13.6. The van der Waals surface area contributed by atoms with Crippen LogP contribution in [0.5, 0.6) is 0 Å². The van der Waals surface area contributed by atoms with Crippen LogP contribution in [-0.2, 0) is 30.3 Å². The molecular weight excluding hydrogens is 488 g/mol. The lowest BCUT2D eigenvalue weighted by Crippen LogP contribution is -2.55. The second-order valence-electron chi connectivity index (χ2n) is 9.96. The fraction of sp³-hybridized carbons (Fsp3) is 0.519. The summed E-state index contributed by atoms with van der Waals surface area (Å²) < 4.78 is 5.29. The second-order valence-corrected chi connectivity index (χ2v) is 9.96. The number of aromatic amines is 1. The van der Waals surface area contributed by atoms with E-state index in [0.717, 1.165) is 42.6 Å². The van der Waals surface area contributed by atoms with Gasteiger partial charge in [-0.1, -0.05) is 18.2 Å². The molecule has 11 heteroatoms. The molecule has 1 saturated heterocycles. The number of nitrogens with one attached hydrogen (secondary N) is 4. The molecule has 2 aromatic rings. The second kappa shape index (κ2) is 13.8. The first-order chi connectivity index (χ1) is 18.2. The van der Waals surface area contributed by atoms with E-state index < -0.39 is 35.8 Å². The van der Waals surface area contributed by atoms with Gasteiger partial charge < -0.3 is 30.7 Å². The maximum absolute atomic E-state index is 13.5. The number of hydrogen-bond donors (Lipinski definition) is 4. The summed E-state index contributed by atoms with van der Waals surface area (Å²) in [7, 11) is 2.04. The predicted molar refractivity (Wildman–Crippen MR) is 144 cm³/mol. The number of carbonyl (C=O) groups is 4. The van der Waals surface area contributed by atoms with Crippen LogP contribution in [0.25, 0.3) is 10.9 Å². The minimum absolute atomic E-state index is 0.0133. The number of benzene rings is 1. The maximum Gasteiger partial charge on any atom is 0.328 e. The zero-order valence-corrected chi connectivity index (χ0v) is 22.3. The Bertz CT molecular complexity index is 1140. The Hall–Kier alpha value is -3.57. The van der Waals surface area contributed by atoms with Crippen molar-refractivity contribution in [2.24, 2.45) is 0 Å². The molecule has 0 saturated carbocycles.